The van der Waals surface area contributed by atoms with Gasteiger partial charge in [-0.15, -0.1) is 0 Å². The fourth-order valence-electron chi connectivity index (χ4n) is 2.78. The standard InChI is InChI=1S/C19H19N3O3S/c1-12(2)21-18(23)16-9-4-5-10-17(16)20-19(21)26-13(3)14-7-6-8-15(11-14)22(24)25/h4-13H,1-3H3/t13-/m1/s1. The Labute approximate surface area is 155 Å². The number of rotatable bonds is 5. The number of benzene rings is 2. The highest BCUT2D eigenvalue weighted by atomic mass is 32.2. The van der Waals surface area contributed by atoms with E-state index in [9.17, 15) is 14.9 Å². The SMILES string of the molecule is CC(C)n1c(S[C@H](C)c2cccc([N+](=O)[O-])c2)nc2ccccc2c1=O. The third-order valence-corrected chi connectivity index (χ3v) is 5.25. The van der Waals surface area contributed by atoms with Crippen LogP contribution in [0.1, 0.15) is 37.6 Å². The van der Waals surface area contributed by atoms with Gasteiger partial charge in [0.1, 0.15) is 0 Å². The smallest absolute Gasteiger partial charge is 0.269 e. The van der Waals surface area contributed by atoms with Crippen LogP contribution in [0.5, 0.6) is 0 Å². The number of para-hydroxylation sites is 1. The molecule has 0 amide bonds. The van der Waals surface area contributed by atoms with Crippen LogP contribution >= 0.6 is 11.8 Å². The van der Waals surface area contributed by atoms with Crippen molar-refractivity contribution in [3.05, 3.63) is 74.6 Å². The number of hydrogen-bond acceptors (Lipinski definition) is 5. The number of thioether (sulfide) groups is 1. The van der Waals surface area contributed by atoms with E-state index in [1.54, 1.807) is 22.8 Å². The second-order valence-electron chi connectivity index (χ2n) is 6.29. The van der Waals surface area contributed by atoms with Crippen molar-refractivity contribution in [3.63, 3.8) is 0 Å². The molecule has 134 valence electrons. The predicted octanol–water partition coefficient (Wildman–Crippen LogP) is 4.74. The molecule has 0 unspecified atom stereocenters. The molecule has 0 bridgehead atoms. The van der Waals surface area contributed by atoms with Gasteiger partial charge in [0.15, 0.2) is 5.16 Å². The van der Waals surface area contributed by atoms with Crippen LogP contribution in [0.2, 0.25) is 0 Å². The number of nitro benzene ring substituents is 1. The average Bonchev–Trinajstić information content (AvgIpc) is 2.61. The van der Waals surface area contributed by atoms with E-state index in [2.05, 4.69) is 4.98 Å². The molecule has 0 aliphatic heterocycles. The maximum Gasteiger partial charge on any atom is 0.269 e. The molecule has 0 N–H and O–H groups in total. The van der Waals surface area contributed by atoms with Crippen molar-refractivity contribution >= 4 is 28.4 Å². The van der Waals surface area contributed by atoms with E-state index in [-0.39, 0.29) is 22.5 Å². The van der Waals surface area contributed by atoms with E-state index in [0.717, 1.165) is 5.56 Å². The molecular formula is C19H19N3O3S. The van der Waals surface area contributed by atoms with E-state index >= 15 is 0 Å². The summed E-state index contributed by atoms with van der Waals surface area (Å²) in [6.07, 6.45) is 0. The lowest BCUT2D eigenvalue weighted by Gasteiger charge is -2.18. The first-order valence-electron chi connectivity index (χ1n) is 8.30. The Morgan fingerprint density at radius 2 is 1.85 bits per heavy atom. The third-order valence-electron chi connectivity index (χ3n) is 4.12. The van der Waals surface area contributed by atoms with E-state index in [1.165, 1.54) is 17.8 Å². The van der Waals surface area contributed by atoms with Crippen LogP contribution in [-0.2, 0) is 0 Å². The quantitative estimate of drug-likeness (QED) is 0.281. The number of fused-ring (bicyclic) bond motifs is 1. The molecule has 2 aromatic carbocycles. The average molecular weight is 369 g/mol. The topological polar surface area (TPSA) is 78.0 Å². The molecule has 3 rings (SSSR count). The summed E-state index contributed by atoms with van der Waals surface area (Å²) in [5.74, 6) is 0. The van der Waals surface area contributed by atoms with Gasteiger partial charge in [-0.25, -0.2) is 4.98 Å². The van der Waals surface area contributed by atoms with Gasteiger partial charge in [-0.1, -0.05) is 36.0 Å². The Bertz CT molecular complexity index is 1030. The molecular weight excluding hydrogens is 350 g/mol. The summed E-state index contributed by atoms with van der Waals surface area (Å²) in [5, 5.41) is 12.1. The minimum Gasteiger partial charge on any atom is -0.285 e. The predicted molar refractivity (Wildman–Crippen MR) is 104 cm³/mol. The normalized spacial score (nSPS) is 12.5. The zero-order chi connectivity index (χ0) is 18.8. The molecule has 0 aliphatic carbocycles. The fraction of sp³-hybridized carbons (Fsp3) is 0.263. The van der Waals surface area contributed by atoms with Gasteiger partial charge in [0.25, 0.3) is 11.2 Å². The van der Waals surface area contributed by atoms with Crippen LogP contribution in [0.4, 0.5) is 5.69 Å². The maximum absolute atomic E-state index is 12.9. The summed E-state index contributed by atoms with van der Waals surface area (Å²) in [6, 6.07) is 13.8. The van der Waals surface area contributed by atoms with Gasteiger partial charge in [0, 0.05) is 23.4 Å². The highest BCUT2D eigenvalue weighted by Gasteiger charge is 2.18. The van der Waals surface area contributed by atoms with Crippen molar-refractivity contribution in [3.8, 4) is 0 Å². The monoisotopic (exact) mass is 369 g/mol. The summed E-state index contributed by atoms with van der Waals surface area (Å²) in [6.45, 7) is 5.84. The lowest BCUT2D eigenvalue weighted by molar-refractivity contribution is -0.384. The highest BCUT2D eigenvalue weighted by Crippen LogP contribution is 2.35. The highest BCUT2D eigenvalue weighted by molar-refractivity contribution is 7.99. The number of nitrogens with zero attached hydrogens (tertiary/aromatic N) is 3. The van der Waals surface area contributed by atoms with Crippen LogP contribution in [0.15, 0.2) is 58.5 Å². The molecule has 3 aromatic rings. The number of nitro groups is 1. The summed E-state index contributed by atoms with van der Waals surface area (Å²) < 4.78 is 1.68. The number of non-ortho nitro benzene ring substituents is 1. The lowest BCUT2D eigenvalue weighted by Crippen LogP contribution is -2.25. The Kier molecular flexibility index (Phi) is 5.08. The molecule has 0 fully saturated rings. The van der Waals surface area contributed by atoms with Crippen molar-refractivity contribution in [2.45, 2.75) is 37.2 Å². The van der Waals surface area contributed by atoms with Gasteiger partial charge in [-0.05, 0) is 38.5 Å². The van der Waals surface area contributed by atoms with Crippen LogP contribution in [0, 0.1) is 10.1 Å². The minimum atomic E-state index is -0.404. The molecule has 6 nitrogen and oxygen atoms in total. The van der Waals surface area contributed by atoms with Gasteiger partial charge in [0.05, 0.1) is 15.8 Å². The van der Waals surface area contributed by atoms with Crippen molar-refractivity contribution in [1.82, 2.24) is 9.55 Å². The second-order valence-corrected chi connectivity index (χ2v) is 7.60. The van der Waals surface area contributed by atoms with Crippen LogP contribution in [0.3, 0.4) is 0 Å². The van der Waals surface area contributed by atoms with Gasteiger partial charge in [0.2, 0.25) is 0 Å². The molecule has 1 atom stereocenters. The summed E-state index contributed by atoms with van der Waals surface area (Å²) >= 11 is 1.43. The molecule has 0 saturated heterocycles. The van der Waals surface area contributed by atoms with E-state index in [4.69, 9.17) is 0 Å². The van der Waals surface area contributed by atoms with Gasteiger partial charge >= 0.3 is 0 Å². The van der Waals surface area contributed by atoms with Gasteiger partial charge < -0.3 is 0 Å². The van der Waals surface area contributed by atoms with Crippen molar-refractivity contribution in [1.29, 1.82) is 0 Å². The van der Waals surface area contributed by atoms with E-state index in [1.807, 2.05) is 45.0 Å². The molecule has 1 heterocycles. The van der Waals surface area contributed by atoms with Crippen molar-refractivity contribution in [2.24, 2.45) is 0 Å². The lowest BCUT2D eigenvalue weighted by atomic mass is 10.1. The second kappa shape index (κ2) is 7.29. The Hall–Kier alpha value is -2.67. The maximum atomic E-state index is 12.9. The summed E-state index contributed by atoms with van der Waals surface area (Å²) in [5.41, 5.74) is 1.46. The molecule has 0 radical (unpaired) electrons. The van der Waals surface area contributed by atoms with E-state index in [0.29, 0.717) is 16.1 Å². The molecule has 0 spiro atoms. The Balaban J connectivity index is 2.05. The number of aromatic nitrogens is 2. The van der Waals surface area contributed by atoms with Crippen LogP contribution < -0.4 is 5.56 Å². The molecule has 7 heteroatoms. The van der Waals surface area contributed by atoms with Crippen molar-refractivity contribution in [2.75, 3.05) is 0 Å². The van der Waals surface area contributed by atoms with E-state index < -0.39 is 4.92 Å². The first kappa shape index (κ1) is 18.1. The van der Waals surface area contributed by atoms with Gasteiger partial charge in [-0.3, -0.25) is 19.5 Å². The molecule has 1 aromatic heterocycles. The Morgan fingerprint density at radius 1 is 1.12 bits per heavy atom. The summed E-state index contributed by atoms with van der Waals surface area (Å²) in [4.78, 5) is 28.2. The molecule has 26 heavy (non-hydrogen) atoms. The molecule has 0 aliphatic rings. The minimum absolute atomic E-state index is 0.0422. The third kappa shape index (κ3) is 3.48. The fourth-order valence-corrected chi connectivity index (χ4v) is 3.94. The summed E-state index contributed by atoms with van der Waals surface area (Å²) in [7, 11) is 0. The van der Waals surface area contributed by atoms with Gasteiger partial charge in [-0.2, -0.15) is 0 Å². The van der Waals surface area contributed by atoms with Crippen LogP contribution in [0.25, 0.3) is 10.9 Å². The number of hydrogen-bond donors (Lipinski definition) is 0. The first-order chi connectivity index (χ1) is 12.4. The zero-order valence-electron chi connectivity index (χ0n) is 14.7. The Morgan fingerprint density at radius 3 is 2.54 bits per heavy atom. The molecule has 0 saturated carbocycles. The first-order valence-corrected chi connectivity index (χ1v) is 9.18. The zero-order valence-corrected chi connectivity index (χ0v) is 15.6. The van der Waals surface area contributed by atoms with Crippen LogP contribution in [-0.4, -0.2) is 14.5 Å². The largest absolute Gasteiger partial charge is 0.285 e. The van der Waals surface area contributed by atoms with Crippen molar-refractivity contribution < 1.29 is 4.92 Å².